The number of nitrogens with one attached hydrogen (secondary N) is 1. The average Bonchev–Trinajstić information content (AvgIpc) is 2.54. The molecule has 2 amide bonds. The lowest BCUT2D eigenvalue weighted by atomic mass is 10.1. The summed E-state index contributed by atoms with van der Waals surface area (Å²) < 4.78 is 33.8. The number of alkyl halides is 2. The third kappa shape index (κ3) is 3.97. The standard InChI is InChI=1S/C16H14F2N2O4/c1-23-13-8-9(6-7-12(13)24-16(17)18)15(22)20-11-5-3-2-4-10(11)14(19)21/h2-8,16H,1H3,(H2,19,21)(H,20,22). The van der Waals surface area contributed by atoms with Crippen molar-refractivity contribution in [2.75, 3.05) is 12.4 Å². The molecule has 0 aliphatic heterocycles. The third-order valence-corrected chi connectivity index (χ3v) is 3.08. The van der Waals surface area contributed by atoms with E-state index in [1.54, 1.807) is 12.1 Å². The van der Waals surface area contributed by atoms with E-state index < -0.39 is 18.4 Å². The van der Waals surface area contributed by atoms with Gasteiger partial charge in [-0.2, -0.15) is 8.78 Å². The van der Waals surface area contributed by atoms with Crippen LogP contribution in [-0.4, -0.2) is 25.5 Å². The van der Waals surface area contributed by atoms with Gasteiger partial charge in [0.2, 0.25) is 0 Å². The highest BCUT2D eigenvalue weighted by Gasteiger charge is 2.16. The number of hydrogen-bond acceptors (Lipinski definition) is 4. The van der Waals surface area contributed by atoms with E-state index in [1.807, 2.05) is 0 Å². The lowest BCUT2D eigenvalue weighted by Gasteiger charge is -2.12. The third-order valence-electron chi connectivity index (χ3n) is 3.08. The van der Waals surface area contributed by atoms with E-state index in [0.717, 1.165) is 0 Å². The first-order valence-electron chi connectivity index (χ1n) is 6.75. The van der Waals surface area contributed by atoms with Crippen LogP contribution in [0.15, 0.2) is 42.5 Å². The number of primary amides is 1. The van der Waals surface area contributed by atoms with Gasteiger partial charge in [-0.3, -0.25) is 9.59 Å². The van der Waals surface area contributed by atoms with Crippen LogP contribution >= 0.6 is 0 Å². The van der Waals surface area contributed by atoms with E-state index in [-0.39, 0.29) is 28.3 Å². The van der Waals surface area contributed by atoms with Crippen LogP contribution in [-0.2, 0) is 0 Å². The highest BCUT2D eigenvalue weighted by Crippen LogP contribution is 2.29. The predicted octanol–water partition coefficient (Wildman–Crippen LogP) is 2.65. The summed E-state index contributed by atoms with van der Waals surface area (Å²) in [5, 5.41) is 2.54. The zero-order chi connectivity index (χ0) is 17.7. The zero-order valence-corrected chi connectivity index (χ0v) is 12.6. The summed E-state index contributed by atoms with van der Waals surface area (Å²) in [5.41, 5.74) is 5.76. The van der Waals surface area contributed by atoms with Crippen molar-refractivity contribution in [3.63, 3.8) is 0 Å². The van der Waals surface area contributed by atoms with Crippen LogP contribution in [0.5, 0.6) is 11.5 Å². The van der Waals surface area contributed by atoms with Crippen molar-refractivity contribution in [2.45, 2.75) is 6.61 Å². The molecule has 0 fully saturated rings. The number of carbonyl (C=O) groups excluding carboxylic acids is 2. The maximum atomic E-state index is 12.3. The van der Waals surface area contributed by atoms with E-state index in [9.17, 15) is 18.4 Å². The van der Waals surface area contributed by atoms with E-state index >= 15 is 0 Å². The van der Waals surface area contributed by atoms with Gasteiger partial charge in [-0.25, -0.2) is 0 Å². The second-order valence-corrected chi connectivity index (χ2v) is 4.61. The molecule has 0 radical (unpaired) electrons. The van der Waals surface area contributed by atoms with Gasteiger partial charge in [-0.15, -0.1) is 0 Å². The number of para-hydroxylation sites is 1. The summed E-state index contributed by atoms with van der Waals surface area (Å²) in [7, 11) is 1.26. The molecule has 8 heteroatoms. The van der Waals surface area contributed by atoms with Gasteiger partial charge >= 0.3 is 6.61 Å². The number of nitrogens with two attached hydrogens (primary N) is 1. The summed E-state index contributed by atoms with van der Waals surface area (Å²) in [6, 6.07) is 9.96. The minimum atomic E-state index is -3.01. The second kappa shape index (κ2) is 7.40. The molecule has 0 unspecified atom stereocenters. The van der Waals surface area contributed by atoms with Crippen LogP contribution in [0.25, 0.3) is 0 Å². The fourth-order valence-corrected chi connectivity index (χ4v) is 2.00. The number of amides is 2. The first kappa shape index (κ1) is 17.2. The van der Waals surface area contributed by atoms with Crippen molar-refractivity contribution in [3.05, 3.63) is 53.6 Å². The second-order valence-electron chi connectivity index (χ2n) is 4.61. The maximum Gasteiger partial charge on any atom is 0.387 e. The van der Waals surface area contributed by atoms with Gasteiger partial charge in [-0.05, 0) is 30.3 Å². The number of benzene rings is 2. The first-order valence-corrected chi connectivity index (χ1v) is 6.75. The van der Waals surface area contributed by atoms with Crippen LogP contribution in [0, 0.1) is 0 Å². The average molecular weight is 336 g/mol. The number of rotatable bonds is 6. The van der Waals surface area contributed by atoms with Gasteiger partial charge < -0.3 is 20.5 Å². The Hall–Kier alpha value is -3.16. The van der Waals surface area contributed by atoms with Crippen molar-refractivity contribution in [3.8, 4) is 11.5 Å². The van der Waals surface area contributed by atoms with Crippen LogP contribution in [0.4, 0.5) is 14.5 Å². The van der Waals surface area contributed by atoms with E-state index in [4.69, 9.17) is 10.5 Å². The fourth-order valence-electron chi connectivity index (χ4n) is 2.00. The van der Waals surface area contributed by atoms with Gasteiger partial charge in [0, 0.05) is 5.56 Å². The molecule has 0 spiro atoms. The van der Waals surface area contributed by atoms with Crippen LogP contribution in [0.3, 0.4) is 0 Å². The summed E-state index contributed by atoms with van der Waals surface area (Å²) in [6.07, 6.45) is 0. The fraction of sp³-hybridized carbons (Fsp3) is 0.125. The van der Waals surface area contributed by atoms with Crippen molar-refractivity contribution < 1.29 is 27.8 Å². The number of halogens is 2. The monoisotopic (exact) mass is 336 g/mol. The van der Waals surface area contributed by atoms with Crippen LogP contribution < -0.4 is 20.5 Å². The number of carbonyl (C=O) groups is 2. The number of hydrogen-bond donors (Lipinski definition) is 2. The highest BCUT2D eigenvalue weighted by molar-refractivity contribution is 6.08. The molecule has 0 aromatic heterocycles. The number of methoxy groups -OCH3 is 1. The van der Waals surface area contributed by atoms with Crippen LogP contribution in [0.2, 0.25) is 0 Å². The number of anilines is 1. The van der Waals surface area contributed by atoms with Gasteiger partial charge in [0.25, 0.3) is 11.8 Å². The van der Waals surface area contributed by atoms with Gasteiger partial charge in [-0.1, -0.05) is 12.1 Å². The molecule has 6 nitrogen and oxygen atoms in total. The topological polar surface area (TPSA) is 90.6 Å². The molecule has 0 saturated heterocycles. The molecule has 0 aliphatic carbocycles. The van der Waals surface area contributed by atoms with Gasteiger partial charge in [0.1, 0.15) is 0 Å². The molecule has 0 aliphatic rings. The Balaban J connectivity index is 2.26. The summed E-state index contributed by atoms with van der Waals surface area (Å²) in [6.45, 7) is -3.01. The Morgan fingerprint density at radius 3 is 2.46 bits per heavy atom. The Kier molecular flexibility index (Phi) is 5.31. The van der Waals surface area contributed by atoms with E-state index in [1.165, 1.54) is 37.4 Å². The lowest BCUT2D eigenvalue weighted by molar-refractivity contribution is -0.0512. The summed E-state index contributed by atoms with van der Waals surface area (Å²) >= 11 is 0. The largest absolute Gasteiger partial charge is 0.493 e. The Labute approximate surface area is 136 Å². The van der Waals surface area contributed by atoms with Crippen molar-refractivity contribution in [2.24, 2.45) is 5.73 Å². The number of ether oxygens (including phenoxy) is 2. The quantitative estimate of drug-likeness (QED) is 0.848. The van der Waals surface area contributed by atoms with Crippen molar-refractivity contribution >= 4 is 17.5 Å². The molecule has 0 saturated carbocycles. The molecular weight excluding hydrogens is 322 g/mol. The first-order chi connectivity index (χ1) is 11.4. The smallest absolute Gasteiger partial charge is 0.387 e. The maximum absolute atomic E-state index is 12.3. The molecule has 0 heterocycles. The molecule has 2 aromatic carbocycles. The van der Waals surface area contributed by atoms with Crippen molar-refractivity contribution in [1.82, 2.24) is 0 Å². The summed E-state index contributed by atoms with van der Waals surface area (Å²) in [4.78, 5) is 23.6. The molecule has 24 heavy (non-hydrogen) atoms. The van der Waals surface area contributed by atoms with E-state index in [2.05, 4.69) is 10.1 Å². The van der Waals surface area contributed by atoms with Crippen molar-refractivity contribution in [1.29, 1.82) is 0 Å². The minimum absolute atomic E-state index is 0.0221. The molecule has 0 atom stereocenters. The summed E-state index contributed by atoms with van der Waals surface area (Å²) in [5.74, 6) is -1.47. The molecule has 0 bridgehead atoms. The normalized spacial score (nSPS) is 10.3. The molecule has 2 rings (SSSR count). The minimum Gasteiger partial charge on any atom is -0.493 e. The molecular formula is C16H14F2N2O4. The van der Waals surface area contributed by atoms with E-state index in [0.29, 0.717) is 0 Å². The molecule has 126 valence electrons. The molecule has 3 N–H and O–H groups in total. The highest BCUT2D eigenvalue weighted by atomic mass is 19.3. The SMILES string of the molecule is COc1cc(C(=O)Nc2ccccc2C(N)=O)ccc1OC(F)F. The molecule has 2 aromatic rings. The van der Waals surface area contributed by atoms with Gasteiger partial charge in [0.05, 0.1) is 18.4 Å². The Morgan fingerprint density at radius 2 is 1.83 bits per heavy atom. The van der Waals surface area contributed by atoms with Crippen LogP contribution in [0.1, 0.15) is 20.7 Å². The Bertz CT molecular complexity index is 765. The lowest BCUT2D eigenvalue weighted by Crippen LogP contribution is -2.18. The predicted molar refractivity (Wildman–Crippen MR) is 82.5 cm³/mol. The Morgan fingerprint density at radius 1 is 1.12 bits per heavy atom. The zero-order valence-electron chi connectivity index (χ0n) is 12.6. The van der Waals surface area contributed by atoms with Gasteiger partial charge in [0.15, 0.2) is 11.5 Å².